The van der Waals surface area contributed by atoms with Crippen molar-refractivity contribution in [1.82, 2.24) is 0 Å². The van der Waals surface area contributed by atoms with Gasteiger partial charge in [0, 0.05) is 11.1 Å². The van der Waals surface area contributed by atoms with Gasteiger partial charge in [0.05, 0.1) is 14.2 Å². The topological polar surface area (TPSA) is 35.5 Å². The van der Waals surface area contributed by atoms with Gasteiger partial charge in [0.1, 0.15) is 5.82 Å². The van der Waals surface area contributed by atoms with E-state index in [0.717, 1.165) is 5.56 Å². The van der Waals surface area contributed by atoms with E-state index >= 15 is 0 Å². The van der Waals surface area contributed by atoms with Gasteiger partial charge in [-0.15, -0.1) is 0 Å². The highest BCUT2D eigenvalue weighted by Gasteiger charge is 2.17. The lowest BCUT2D eigenvalue weighted by molar-refractivity contribution is 0.103. The molecule has 0 spiro atoms. The first-order valence-corrected chi connectivity index (χ1v) is 6.51. The summed E-state index contributed by atoms with van der Waals surface area (Å²) in [5.41, 5.74) is 2.04. The standard InChI is InChI=1S/C17H17FO3/c1-10-5-6-12(8-14(10)18)17(19)13-9-16(21-4)15(20-3)7-11(13)2/h5-9H,1-4H3. The Hall–Kier alpha value is -2.36. The van der Waals surface area contributed by atoms with E-state index in [0.29, 0.717) is 28.2 Å². The van der Waals surface area contributed by atoms with Gasteiger partial charge in [0.25, 0.3) is 0 Å². The zero-order chi connectivity index (χ0) is 15.6. The molecule has 0 atom stereocenters. The van der Waals surface area contributed by atoms with E-state index in [4.69, 9.17) is 9.47 Å². The zero-order valence-corrected chi connectivity index (χ0v) is 12.5. The van der Waals surface area contributed by atoms with Crippen LogP contribution < -0.4 is 9.47 Å². The minimum Gasteiger partial charge on any atom is -0.493 e. The van der Waals surface area contributed by atoms with Crippen molar-refractivity contribution in [3.8, 4) is 11.5 Å². The van der Waals surface area contributed by atoms with Crippen LogP contribution in [0.5, 0.6) is 11.5 Å². The van der Waals surface area contributed by atoms with Crippen LogP contribution >= 0.6 is 0 Å². The van der Waals surface area contributed by atoms with Crippen LogP contribution in [0.1, 0.15) is 27.0 Å². The lowest BCUT2D eigenvalue weighted by Gasteiger charge is -2.12. The lowest BCUT2D eigenvalue weighted by Crippen LogP contribution is -2.06. The number of aryl methyl sites for hydroxylation is 2. The zero-order valence-electron chi connectivity index (χ0n) is 12.5. The number of hydrogen-bond donors (Lipinski definition) is 0. The second-order valence-corrected chi connectivity index (χ2v) is 4.82. The number of carbonyl (C=O) groups excluding carboxylic acids is 1. The molecule has 0 fully saturated rings. The van der Waals surface area contributed by atoms with Gasteiger partial charge in [0.2, 0.25) is 0 Å². The van der Waals surface area contributed by atoms with Crippen LogP contribution in [-0.4, -0.2) is 20.0 Å². The summed E-state index contributed by atoms with van der Waals surface area (Å²) in [6.07, 6.45) is 0. The van der Waals surface area contributed by atoms with E-state index in [-0.39, 0.29) is 11.6 Å². The van der Waals surface area contributed by atoms with E-state index in [9.17, 15) is 9.18 Å². The van der Waals surface area contributed by atoms with Crippen molar-refractivity contribution in [1.29, 1.82) is 0 Å². The van der Waals surface area contributed by atoms with E-state index < -0.39 is 0 Å². The molecule has 0 unspecified atom stereocenters. The minimum atomic E-state index is -0.390. The number of halogens is 1. The summed E-state index contributed by atoms with van der Waals surface area (Å²) in [4.78, 5) is 12.5. The molecule has 2 rings (SSSR count). The number of carbonyl (C=O) groups is 1. The van der Waals surface area contributed by atoms with E-state index in [2.05, 4.69) is 0 Å². The fraction of sp³-hybridized carbons (Fsp3) is 0.235. The molecule has 0 aliphatic rings. The van der Waals surface area contributed by atoms with Crippen LogP contribution in [-0.2, 0) is 0 Å². The largest absolute Gasteiger partial charge is 0.493 e. The number of ketones is 1. The molecule has 21 heavy (non-hydrogen) atoms. The Morgan fingerprint density at radius 2 is 1.57 bits per heavy atom. The Balaban J connectivity index is 2.50. The highest BCUT2D eigenvalue weighted by atomic mass is 19.1. The third-order valence-corrected chi connectivity index (χ3v) is 3.41. The molecule has 0 saturated carbocycles. The van der Waals surface area contributed by atoms with Crippen molar-refractivity contribution in [2.45, 2.75) is 13.8 Å². The smallest absolute Gasteiger partial charge is 0.193 e. The van der Waals surface area contributed by atoms with Crippen molar-refractivity contribution in [2.24, 2.45) is 0 Å². The van der Waals surface area contributed by atoms with Gasteiger partial charge in [0.15, 0.2) is 17.3 Å². The van der Waals surface area contributed by atoms with Gasteiger partial charge < -0.3 is 9.47 Å². The second-order valence-electron chi connectivity index (χ2n) is 4.82. The Morgan fingerprint density at radius 1 is 0.952 bits per heavy atom. The second kappa shape index (κ2) is 5.95. The van der Waals surface area contributed by atoms with Crippen molar-refractivity contribution in [3.63, 3.8) is 0 Å². The Morgan fingerprint density at radius 3 is 2.14 bits per heavy atom. The van der Waals surface area contributed by atoms with E-state index in [1.807, 2.05) is 0 Å². The summed E-state index contributed by atoms with van der Waals surface area (Å²) in [5, 5.41) is 0. The molecule has 0 aliphatic heterocycles. The third kappa shape index (κ3) is 2.89. The summed E-state index contributed by atoms with van der Waals surface area (Å²) >= 11 is 0. The molecule has 3 nitrogen and oxygen atoms in total. The first-order valence-electron chi connectivity index (χ1n) is 6.51. The van der Waals surface area contributed by atoms with Crippen molar-refractivity contribution >= 4 is 5.78 Å². The van der Waals surface area contributed by atoms with Gasteiger partial charge in [-0.05, 0) is 43.2 Å². The number of methoxy groups -OCH3 is 2. The van der Waals surface area contributed by atoms with Crippen molar-refractivity contribution in [3.05, 3.63) is 58.4 Å². The maximum atomic E-state index is 13.6. The molecular weight excluding hydrogens is 271 g/mol. The first kappa shape index (κ1) is 15.0. The summed E-state index contributed by atoms with van der Waals surface area (Å²) in [7, 11) is 3.04. The van der Waals surface area contributed by atoms with Crippen molar-refractivity contribution in [2.75, 3.05) is 14.2 Å². The molecule has 4 heteroatoms. The molecular formula is C17H17FO3. The molecule has 0 aliphatic carbocycles. The summed E-state index contributed by atoms with van der Waals surface area (Å²) in [5.74, 6) is 0.395. The molecule has 110 valence electrons. The molecule has 0 amide bonds. The minimum absolute atomic E-state index is 0.243. The van der Waals surface area contributed by atoms with Gasteiger partial charge in [-0.1, -0.05) is 12.1 Å². The Kier molecular flexibility index (Phi) is 4.26. The van der Waals surface area contributed by atoms with Gasteiger partial charge in [-0.2, -0.15) is 0 Å². The number of benzene rings is 2. The van der Waals surface area contributed by atoms with Crippen LogP contribution in [0.4, 0.5) is 4.39 Å². The molecule has 2 aromatic carbocycles. The van der Waals surface area contributed by atoms with Crippen LogP contribution in [0.25, 0.3) is 0 Å². The summed E-state index contributed by atoms with van der Waals surface area (Å²) in [6.45, 7) is 3.46. The predicted molar refractivity (Wildman–Crippen MR) is 78.9 cm³/mol. The average molecular weight is 288 g/mol. The number of ether oxygens (including phenoxy) is 2. The highest BCUT2D eigenvalue weighted by Crippen LogP contribution is 2.31. The van der Waals surface area contributed by atoms with E-state index in [1.165, 1.54) is 20.3 Å². The van der Waals surface area contributed by atoms with Gasteiger partial charge in [-0.3, -0.25) is 4.79 Å². The Bertz CT molecular complexity index is 693. The van der Waals surface area contributed by atoms with Gasteiger partial charge >= 0.3 is 0 Å². The molecule has 0 heterocycles. The maximum absolute atomic E-state index is 13.6. The van der Waals surface area contributed by atoms with E-state index in [1.54, 1.807) is 38.1 Å². The molecule has 0 bridgehead atoms. The van der Waals surface area contributed by atoms with Crippen LogP contribution in [0, 0.1) is 19.7 Å². The van der Waals surface area contributed by atoms with Crippen LogP contribution in [0.15, 0.2) is 30.3 Å². The van der Waals surface area contributed by atoms with Crippen LogP contribution in [0.3, 0.4) is 0 Å². The van der Waals surface area contributed by atoms with Crippen molar-refractivity contribution < 1.29 is 18.7 Å². The fourth-order valence-electron chi connectivity index (χ4n) is 2.11. The summed E-state index contributed by atoms with van der Waals surface area (Å²) in [6, 6.07) is 7.83. The quantitative estimate of drug-likeness (QED) is 0.805. The van der Waals surface area contributed by atoms with Crippen LogP contribution in [0.2, 0.25) is 0 Å². The normalized spacial score (nSPS) is 10.3. The maximum Gasteiger partial charge on any atom is 0.193 e. The monoisotopic (exact) mass is 288 g/mol. The molecule has 0 aromatic heterocycles. The number of hydrogen-bond acceptors (Lipinski definition) is 3. The predicted octanol–water partition coefficient (Wildman–Crippen LogP) is 3.69. The number of rotatable bonds is 4. The third-order valence-electron chi connectivity index (χ3n) is 3.41. The molecule has 0 radical (unpaired) electrons. The lowest BCUT2D eigenvalue weighted by atomic mass is 9.97. The average Bonchev–Trinajstić information content (AvgIpc) is 2.49. The molecule has 0 N–H and O–H groups in total. The molecule has 2 aromatic rings. The fourth-order valence-corrected chi connectivity index (χ4v) is 2.11. The Labute approximate surface area is 123 Å². The molecule has 0 saturated heterocycles. The highest BCUT2D eigenvalue weighted by molar-refractivity contribution is 6.10. The first-order chi connectivity index (χ1) is 9.97. The SMILES string of the molecule is COc1cc(C)c(C(=O)c2ccc(C)c(F)c2)cc1OC. The summed E-state index contributed by atoms with van der Waals surface area (Å²) < 4.78 is 24.0. The van der Waals surface area contributed by atoms with Gasteiger partial charge in [-0.25, -0.2) is 4.39 Å².